The van der Waals surface area contributed by atoms with Crippen LogP contribution in [0.4, 0.5) is 0 Å². The van der Waals surface area contributed by atoms with Gasteiger partial charge in [0.25, 0.3) is 10.2 Å². The number of nitrogens with zero attached hydrogens (tertiary/aromatic N) is 1. The van der Waals surface area contributed by atoms with Gasteiger partial charge in [-0.3, -0.25) is 0 Å². The van der Waals surface area contributed by atoms with Crippen LogP contribution in [0.25, 0.3) is 0 Å². The van der Waals surface area contributed by atoms with Gasteiger partial charge in [0, 0.05) is 24.5 Å². The van der Waals surface area contributed by atoms with Gasteiger partial charge in [0.15, 0.2) is 0 Å². The summed E-state index contributed by atoms with van der Waals surface area (Å²) in [7, 11) is -3.43. The van der Waals surface area contributed by atoms with Gasteiger partial charge in [-0.05, 0) is 24.7 Å². The highest BCUT2D eigenvalue weighted by Crippen LogP contribution is 2.41. The van der Waals surface area contributed by atoms with E-state index in [-0.39, 0.29) is 11.5 Å². The first-order valence-corrected chi connectivity index (χ1v) is 8.52. The first-order valence-electron chi connectivity index (χ1n) is 7.08. The van der Waals surface area contributed by atoms with Crippen LogP contribution in [0.2, 0.25) is 0 Å². The maximum atomic E-state index is 12.4. The van der Waals surface area contributed by atoms with Gasteiger partial charge in [0.2, 0.25) is 0 Å². The molecule has 19 heavy (non-hydrogen) atoms. The number of nitrogens with one attached hydrogen (secondary N) is 1. The second-order valence-electron chi connectivity index (χ2n) is 7.01. The van der Waals surface area contributed by atoms with Gasteiger partial charge in [-0.15, -0.1) is 0 Å². The van der Waals surface area contributed by atoms with Crippen LogP contribution < -0.4 is 4.72 Å². The van der Waals surface area contributed by atoms with Crippen LogP contribution in [0, 0.1) is 17.3 Å². The third-order valence-corrected chi connectivity index (χ3v) is 6.24. The second-order valence-corrected chi connectivity index (χ2v) is 8.71. The van der Waals surface area contributed by atoms with E-state index in [0.29, 0.717) is 31.3 Å². The molecule has 2 rings (SSSR count). The number of aliphatic hydroxyl groups excluding tert-OH is 1. The molecule has 0 aromatic rings. The predicted molar refractivity (Wildman–Crippen MR) is 74.8 cm³/mol. The molecule has 1 aliphatic carbocycles. The van der Waals surface area contributed by atoms with Crippen molar-refractivity contribution in [1.82, 2.24) is 9.03 Å². The molecule has 0 aromatic carbocycles. The van der Waals surface area contributed by atoms with Crippen molar-refractivity contribution in [1.29, 1.82) is 0 Å². The van der Waals surface area contributed by atoms with Gasteiger partial charge >= 0.3 is 0 Å². The summed E-state index contributed by atoms with van der Waals surface area (Å²) in [6, 6.07) is -0.167. The average molecular weight is 290 g/mol. The molecule has 2 aliphatic rings. The summed E-state index contributed by atoms with van der Waals surface area (Å²) in [6.07, 6.45) is 1.17. The van der Waals surface area contributed by atoms with Gasteiger partial charge in [-0.2, -0.15) is 17.4 Å². The topological polar surface area (TPSA) is 69.6 Å². The SMILES string of the molecule is CC1CC(C)CN(S(=O)(=O)NC2CC(O)C2(C)C)C1. The number of piperidine rings is 1. The fourth-order valence-corrected chi connectivity index (χ4v) is 4.97. The lowest BCUT2D eigenvalue weighted by Gasteiger charge is -2.49. The molecule has 5 nitrogen and oxygen atoms in total. The lowest BCUT2D eigenvalue weighted by Crippen LogP contribution is -2.63. The van der Waals surface area contributed by atoms with E-state index in [2.05, 4.69) is 18.6 Å². The molecule has 112 valence electrons. The molecule has 1 heterocycles. The van der Waals surface area contributed by atoms with E-state index in [0.717, 1.165) is 6.42 Å². The molecule has 0 bridgehead atoms. The minimum Gasteiger partial charge on any atom is -0.392 e. The summed E-state index contributed by atoms with van der Waals surface area (Å²) in [6.45, 7) is 9.17. The van der Waals surface area contributed by atoms with Crippen LogP contribution in [0.3, 0.4) is 0 Å². The van der Waals surface area contributed by atoms with Crippen molar-refractivity contribution in [2.24, 2.45) is 17.3 Å². The Labute approximate surface area is 116 Å². The van der Waals surface area contributed by atoms with Gasteiger partial charge in [-0.1, -0.05) is 27.7 Å². The highest BCUT2D eigenvalue weighted by Gasteiger charge is 2.49. The summed E-state index contributed by atoms with van der Waals surface area (Å²) in [5, 5.41) is 9.69. The van der Waals surface area contributed by atoms with Crippen LogP contribution in [0.15, 0.2) is 0 Å². The molecule has 0 aromatic heterocycles. The summed E-state index contributed by atoms with van der Waals surface area (Å²) in [4.78, 5) is 0. The fourth-order valence-electron chi connectivity index (χ4n) is 3.16. The molecule has 0 radical (unpaired) electrons. The molecule has 1 aliphatic heterocycles. The van der Waals surface area contributed by atoms with E-state index < -0.39 is 16.3 Å². The first-order chi connectivity index (χ1) is 8.63. The highest BCUT2D eigenvalue weighted by atomic mass is 32.2. The molecule has 2 fully saturated rings. The summed E-state index contributed by atoms with van der Waals surface area (Å²) in [5.74, 6) is 0.806. The number of hydrogen-bond acceptors (Lipinski definition) is 3. The number of aliphatic hydroxyl groups is 1. The Morgan fingerprint density at radius 3 is 2.11 bits per heavy atom. The largest absolute Gasteiger partial charge is 0.392 e. The maximum Gasteiger partial charge on any atom is 0.279 e. The van der Waals surface area contributed by atoms with Crippen LogP contribution in [-0.2, 0) is 10.2 Å². The Morgan fingerprint density at radius 2 is 1.68 bits per heavy atom. The van der Waals surface area contributed by atoms with Crippen molar-refractivity contribution in [3.8, 4) is 0 Å². The van der Waals surface area contributed by atoms with E-state index >= 15 is 0 Å². The molecule has 6 heteroatoms. The quantitative estimate of drug-likeness (QED) is 0.813. The van der Waals surface area contributed by atoms with E-state index in [4.69, 9.17) is 0 Å². The van der Waals surface area contributed by atoms with Crippen LogP contribution in [0.5, 0.6) is 0 Å². The molecule has 1 saturated heterocycles. The highest BCUT2D eigenvalue weighted by molar-refractivity contribution is 7.87. The Hall–Kier alpha value is -0.170. The van der Waals surface area contributed by atoms with Crippen LogP contribution in [0.1, 0.15) is 40.5 Å². The van der Waals surface area contributed by atoms with Crippen molar-refractivity contribution in [3.63, 3.8) is 0 Å². The van der Waals surface area contributed by atoms with Gasteiger partial charge in [0.1, 0.15) is 0 Å². The van der Waals surface area contributed by atoms with Gasteiger partial charge in [-0.25, -0.2) is 0 Å². The van der Waals surface area contributed by atoms with E-state index in [1.54, 1.807) is 4.31 Å². The fraction of sp³-hybridized carbons (Fsp3) is 1.00. The average Bonchev–Trinajstić information content (AvgIpc) is 2.27. The normalized spacial score (nSPS) is 39.8. The predicted octanol–water partition coefficient (Wildman–Crippen LogP) is 0.958. The lowest BCUT2D eigenvalue weighted by molar-refractivity contribution is -0.0650. The molecule has 0 spiro atoms. The van der Waals surface area contributed by atoms with E-state index in [9.17, 15) is 13.5 Å². The Kier molecular flexibility index (Phi) is 3.99. The second kappa shape index (κ2) is 4.98. The first kappa shape index (κ1) is 15.2. The van der Waals surface area contributed by atoms with Crippen molar-refractivity contribution in [2.45, 2.75) is 52.7 Å². The third kappa shape index (κ3) is 2.96. The zero-order valence-corrected chi connectivity index (χ0v) is 13.1. The zero-order chi connectivity index (χ0) is 14.4. The van der Waals surface area contributed by atoms with Gasteiger partial charge < -0.3 is 5.11 Å². The molecule has 4 atom stereocenters. The summed E-state index contributed by atoms with van der Waals surface area (Å²) >= 11 is 0. The van der Waals surface area contributed by atoms with E-state index in [1.807, 2.05) is 13.8 Å². The number of rotatable bonds is 3. The number of hydrogen-bond donors (Lipinski definition) is 2. The molecule has 2 N–H and O–H groups in total. The zero-order valence-electron chi connectivity index (χ0n) is 12.3. The summed E-state index contributed by atoms with van der Waals surface area (Å²) in [5.41, 5.74) is -0.375. The van der Waals surface area contributed by atoms with Crippen LogP contribution >= 0.6 is 0 Å². The smallest absolute Gasteiger partial charge is 0.279 e. The standard InChI is InChI=1S/C13H26N2O3S/c1-9-5-10(2)8-15(7-9)19(17,18)14-11-6-12(16)13(11,3)4/h9-12,14,16H,5-8H2,1-4H3. The molecule has 4 unspecified atom stereocenters. The van der Waals surface area contributed by atoms with Crippen LogP contribution in [-0.4, -0.2) is 43.1 Å². The Balaban J connectivity index is 2.03. The molecular formula is C13H26N2O3S. The Bertz CT molecular complexity index is 425. The van der Waals surface area contributed by atoms with Crippen molar-refractivity contribution >= 4 is 10.2 Å². The monoisotopic (exact) mass is 290 g/mol. The maximum absolute atomic E-state index is 12.4. The Morgan fingerprint density at radius 1 is 1.16 bits per heavy atom. The van der Waals surface area contributed by atoms with Crippen molar-refractivity contribution in [2.75, 3.05) is 13.1 Å². The molecule has 0 amide bonds. The molecule has 1 saturated carbocycles. The minimum absolute atomic E-state index is 0.167. The lowest BCUT2D eigenvalue weighted by atomic mass is 9.65. The van der Waals surface area contributed by atoms with Crippen molar-refractivity contribution in [3.05, 3.63) is 0 Å². The molecular weight excluding hydrogens is 264 g/mol. The third-order valence-electron chi connectivity index (χ3n) is 4.68. The van der Waals surface area contributed by atoms with Gasteiger partial charge in [0.05, 0.1) is 6.10 Å². The van der Waals surface area contributed by atoms with Crippen molar-refractivity contribution < 1.29 is 13.5 Å². The summed E-state index contributed by atoms with van der Waals surface area (Å²) < 4.78 is 29.1. The minimum atomic E-state index is -3.43. The van der Waals surface area contributed by atoms with E-state index in [1.165, 1.54) is 0 Å².